The van der Waals surface area contributed by atoms with Crippen LogP contribution >= 0.6 is 11.6 Å². The van der Waals surface area contributed by atoms with Gasteiger partial charge in [-0.15, -0.1) is 0 Å². The van der Waals surface area contributed by atoms with E-state index in [1.165, 1.54) is 12.8 Å². The van der Waals surface area contributed by atoms with Gasteiger partial charge in [0.15, 0.2) is 5.78 Å². The van der Waals surface area contributed by atoms with E-state index in [1.54, 1.807) is 0 Å². The van der Waals surface area contributed by atoms with Gasteiger partial charge in [-0.1, -0.05) is 18.2 Å². The lowest BCUT2D eigenvalue weighted by Crippen LogP contribution is -2.24. The fraction of sp³-hybridized carbons (Fsp3) is 0.625. The summed E-state index contributed by atoms with van der Waals surface area (Å²) >= 11 is 5.46. The standard InChI is InChI=1S/C8H12ClNO/c1-6(9)4-8(11)5-10-7-2-3-7/h7,10H,1-5H2. The summed E-state index contributed by atoms with van der Waals surface area (Å²) in [5, 5.41) is 3.54. The van der Waals surface area contributed by atoms with E-state index in [1.807, 2.05) is 0 Å². The van der Waals surface area contributed by atoms with Crippen LogP contribution in [0.4, 0.5) is 0 Å². The van der Waals surface area contributed by atoms with Crippen LogP contribution < -0.4 is 5.32 Å². The van der Waals surface area contributed by atoms with Crippen molar-refractivity contribution in [1.29, 1.82) is 0 Å². The van der Waals surface area contributed by atoms with E-state index < -0.39 is 0 Å². The maximum atomic E-state index is 11.0. The van der Waals surface area contributed by atoms with E-state index >= 15 is 0 Å². The van der Waals surface area contributed by atoms with Crippen molar-refractivity contribution in [1.82, 2.24) is 5.32 Å². The Morgan fingerprint density at radius 3 is 2.73 bits per heavy atom. The summed E-state index contributed by atoms with van der Waals surface area (Å²) in [6, 6.07) is 0.586. The number of hydrogen-bond donors (Lipinski definition) is 1. The number of halogens is 1. The van der Waals surface area contributed by atoms with Gasteiger partial charge in [-0.05, 0) is 12.8 Å². The molecule has 11 heavy (non-hydrogen) atoms. The fourth-order valence-corrected chi connectivity index (χ4v) is 0.971. The lowest BCUT2D eigenvalue weighted by molar-refractivity contribution is -0.117. The van der Waals surface area contributed by atoms with Crippen molar-refractivity contribution in [2.24, 2.45) is 0 Å². The molecule has 1 aliphatic rings. The van der Waals surface area contributed by atoms with Crippen LogP contribution in [0.15, 0.2) is 11.6 Å². The van der Waals surface area contributed by atoms with E-state index in [0.717, 1.165) is 0 Å². The van der Waals surface area contributed by atoms with Gasteiger partial charge in [-0.2, -0.15) is 0 Å². The molecule has 0 unspecified atom stereocenters. The molecule has 0 spiro atoms. The van der Waals surface area contributed by atoms with E-state index in [2.05, 4.69) is 11.9 Å². The number of hydrogen-bond acceptors (Lipinski definition) is 2. The molecule has 0 aliphatic heterocycles. The zero-order valence-corrected chi connectivity index (χ0v) is 7.16. The number of rotatable bonds is 5. The molecule has 1 saturated carbocycles. The molecule has 0 atom stereocenters. The molecule has 62 valence electrons. The third-order valence-electron chi connectivity index (χ3n) is 1.55. The Kier molecular flexibility index (Phi) is 3.09. The Hall–Kier alpha value is -0.340. The maximum absolute atomic E-state index is 11.0. The molecule has 0 aromatic carbocycles. The molecular weight excluding hydrogens is 162 g/mol. The highest BCUT2D eigenvalue weighted by Crippen LogP contribution is 2.18. The van der Waals surface area contributed by atoms with Crippen LogP contribution in [0.5, 0.6) is 0 Å². The van der Waals surface area contributed by atoms with E-state index in [4.69, 9.17) is 11.6 Å². The minimum Gasteiger partial charge on any atom is -0.307 e. The summed E-state index contributed by atoms with van der Waals surface area (Å²) in [6.45, 7) is 3.90. The molecule has 1 aliphatic carbocycles. The summed E-state index contributed by atoms with van der Waals surface area (Å²) in [6.07, 6.45) is 2.70. The zero-order valence-electron chi connectivity index (χ0n) is 6.40. The van der Waals surface area contributed by atoms with Gasteiger partial charge >= 0.3 is 0 Å². The third-order valence-corrected chi connectivity index (χ3v) is 1.69. The van der Waals surface area contributed by atoms with Gasteiger partial charge in [0.25, 0.3) is 0 Å². The Morgan fingerprint density at radius 1 is 1.64 bits per heavy atom. The van der Waals surface area contributed by atoms with Crippen LogP contribution in [-0.2, 0) is 4.79 Å². The number of Topliss-reactive ketones (excluding diaryl/α,β-unsaturated/α-hetero) is 1. The van der Waals surface area contributed by atoms with Gasteiger partial charge in [-0.3, -0.25) is 4.79 Å². The minimum absolute atomic E-state index is 0.122. The average Bonchev–Trinajstić information content (AvgIpc) is 2.63. The molecule has 1 rings (SSSR count). The summed E-state index contributed by atoms with van der Waals surface area (Å²) in [5.74, 6) is 0.122. The second kappa shape index (κ2) is 3.88. The first-order valence-electron chi connectivity index (χ1n) is 3.77. The number of allylic oxidation sites excluding steroid dienone is 1. The molecule has 0 amide bonds. The van der Waals surface area contributed by atoms with Gasteiger partial charge in [0.1, 0.15) is 0 Å². The van der Waals surface area contributed by atoms with Crippen LogP contribution in [0.1, 0.15) is 19.3 Å². The Labute approximate surface area is 71.6 Å². The van der Waals surface area contributed by atoms with Crippen LogP contribution in [0, 0.1) is 0 Å². The lowest BCUT2D eigenvalue weighted by Gasteiger charge is -1.99. The zero-order chi connectivity index (χ0) is 8.27. The van der Waals surface area contributed by atoms with Gasteiger partial charge in [0, 0.05) is 17.5 Å². The van der Waals surface area contributed by atoms with E-state index in [9.17, 15) is 4.79 Å². The normalized spacial score (nSPS) is 16.5. The Bertz CT molecular complexity index is 175. The second-order valence-corrected chi connectivity index (χ2v) is 3.42. The molecule has 0 aromatic rings. The fourth-order valence-electron chi connectivity index (χ4n) is 0.822. The van der Waals surface area contributed by atoms with Crippen LogP contribution in [-0.4, -0.2) is 18.4 Å². The predicted octanol–water partition coefficient (Wildman–Crippen LogP) is 1.45. The first-order chi connectivity index (χ1) is 5.18. The quantitative estimate of drug-likeness (QED) is 0.682. The van der Waals surface area contributed by atoms with Gasteiger partial charge in [0.05, 0.1) is 6.54 Å². The maximum Gasteiger partial charge on any atom is 0.151 e. The predicted molar refractivity (Wildman–Crippen MR) is 45.6 cm³/mol. The minimum atomic E-state index is 0.122. The van der Waals surface area contributed by atoms with E-state index in [-0.39, 0.29) is 5.78 Å². The summed E-state index contributed by atoms with van der Waals surface area (Å²) in [4.78, 5) is 11.0. The van der Waals surface area contributed by atoms with Crippen molar-refractivity contribution in [2.45, 2.75) is 25.3 Å². The highest BCUT2D eigenvalue weighted by Gasteiger charge is 2.20. The molecule has 1 fully saturated rings. The van der Waals surface area contributed by atoms with Crippen molar-refractivity contribution in [3.63, 3.8) is 0 Å². The summed E-state index contributed by atoms with van der Waals surface area (Å²) in [7, 11) is 0. The monoisotopic (exact) mass is 173 g/mol. The molecule has 0 heterocycles. The van der Waals surface area contributed by atoms with Crippen molar-refractivity contribution in [3.8, 4) is 0 Å². The molecule has 2 nitrogen and oxygen atoms in total. The van der Waals surface area contributed by atoms with Gasteiger partial charge in [-0.25, -0.2) is 0 Å². The third kappa shape index (κ3) is 4.17. The number of ketones is 1. The first kappa shape index (κ1) is 8.75. The molecular formula is C8H12ClNO. The first-order valence-corrected chi connectivity index (χ1v) is 4.14. The average molecular weight is 174 g/mol. The SMILES string of the molecule is C=C(Cl)CC(=O)CNC1CC1. The second-order valence-electron chi connectivity index (χ2n) is 2.89. The van der Waals surface area contributed by atoms with Crippen molar-refractivity contribution in [2.75, 3.05) is 6.54 Å². The number of carbonyl (C=O) groups excluding carboxylic acids is 1. The molecule has 0 radical (unpaired) electrons. The summed E-state index contributed by atoms with van der Waals surface area (Å²) < 4.78 is 0. The van der Waals surface area contributed by atoms with Crippen LogP contribution in [0.3, 0.4) is 0 Å². The van der Waals surface area contributed by atoms with Crippen molar-refractivity contribution >= 4 is 17.4 Å². The highest BCUT2D eigenvalue weighted by molar-refractivity contribution is 6.30. The Balaban J connectivity index is 2.04. The molecule has 1 N–H and O–H groups in total. The topological polar surface area (TPSA) is 29.1 Å². The largest absolute Gasteiger partial charge is 0.307 e. The van der Waals surface area contributed by atoms with Crippen molar-refractivity contribution in [3.05, 3.63) is 11.6 Å². The number of carbonyl (C=O) groups is 1. The highest BCUT2D eigenvalue weighted by atomic mass is 35.5. The van der Waals surface area contributed by atoms with Crippen LogP contribution in [0.2, 0.25) is 0 Å². The van der Waals surface area contributed by atoms with Crippen LogP contribution in [0.25, 0.3) is 0 Å². The van der Waals surface area contributed by atoms with E-state index in [0.29, 0.717) is 24.0 Å². The smallest absolute Gasteiger partial charge is 0.151 e. The Morgan fingerprint density at radius 2 is 2.27 bits per heavy atom. The lowest BCUT2D eigenvalue weighted by atomic mass is 10.3. The molecule has 3 heteroatoms. The molecule has 0 bridgehead atoms. The van der Waals surface area contributed by atoms with Gasteiger partial charge in [0.2, 0.25) is 0 Å². The summed E-state index contributed by atoms with van der Waals surface area (Å²) in [5.41, 5.74) is 0. The van der Waals surface area contributed by atoms with Crippen molar-refractivity contribution < 1.29 is 4.79 Å². The molecule has 0 aromatic heterocycles. The number of nitrogens with one attached hydrogen (secondary N) is 1. The van der Waals surface area contributed by atoms with Gasteiger partial charge < -0.3 is 5.32 Å². The molecule has 0 saturated heterocycles.